The van der Waals surface area contributed by atoms with Crippen LogP contribution in [0.5, 0.6) is 28.7 Å². The predicted molar refractivity (Wildman–Crippen MR) is 124 cm³/mol. The Morgan fingerprint density at radius 2 is 1.58 bits per heavy atom. The van der Waals surface area contributed by atoms with Crippen molar-refractivity contribution in [1.29, 1.82) is 5.26 Å². The molecule has 7 heteroatoms. The highest BCUT2D eigenvalue weighted by Crippen LogP contribution is 2.53. The van der Waals surface area contributed by atoms with E-state index in [1.54, 1.807) is 35.5 Å². The van der Waals surface area contributed by atoms with E-state index in [0.29, 0.717) is 34.4 Å². The lowest BCUT2D eigenvalue weighted by Gasteiger charge is -2.43. The number of methoxy groups -OCH3 is 5. The van der Waals surface area contributed by atoms with Gasteiger partial charge in [0.05, 0.1) is 35.5 Å². The third kappa shape index (κ3) is 3.60. The van der Waals surface area contributed by atoms with Gasteiger partial charge in [0.25, 0.3) is 0 Å². The van der Waals surface area contributed by atoms with Crippen LogP contribution in [0.15, 0.2) is 42.1 Å². The second-order valence-electron chi connectivity index (χ2n) is 8.26. The maximum atomic E-state index is 10.1. The number of benzene rings is 2. The molecule has 2 unspecified atom stereocenters. The maximum absolute atomic E-state index is 10.1. The maximum Gasteiger partial charge on any atom is 0.203 e. The van der Waals surface area contributed by atoms with Crippen LogP contribution in [0, 0.1) is 11.3 Å². The van der Waals surface area contributed by atoms with Crippen LogP contribution in [-0.2, 0) is 5.41 Å². The Hall–Kier alpha value is -3.53. The minimum atomic E-state index is -0.638. The number of nitrogens with zero attached hydrogens (tertiary/aromatic N) is 2. The molecule has 33 heavy (non-hydrogen) atoms. The first-order chi connectivity index (χ1) is 16.1. The van der Waals surface area contributed by atoms with Crippen molar-refractivity contribution in [3.05, 3.63) is 53.2 Å². The summed E-state index contributed by atoms with van der Waals surface area (Å²) in [7, 11) is 8.08. The Kier molecular flexibility index (Phi) is 6.28. The minimum absolute atomic E-state index is 0.246. The standard InChI is InChI=1S/C26H30N2O5/c1-29-21-10-8-17(13-23(21)31-3)26(14-18-7-6-12-28(18)19(15-26)16-27)20-9-11-22(30-2)25(33-5)24(20)32-4/h8-11,13,15,18H,6-7,12,14H2,1-5H3. The Bertz CT molecular complexity index is 1110. The van der Waals surface area contributed by atoms with Crippen molar-refractivity contribution in [3.8, 4) is 34.8 Å². The summed E-state index contributed by atoms with van der Waals surface area (Å²) < 4.78 is 28.2. The molecule has 0 radical (unpaired) electrons. The molecule has 0 bridgehead atoms. The molecule has 0 aliphatic carbocycles. The highest BCUT2D eigenvalue weighted by molar-refractivity contribution is 5.64. The zero-order valence-electron chi connectivity index (χ0n) is 19.8. The van der Waals surface area contributed by atoms with Gasteiger partial charge in [-0.3, -0.25) is 0 Å². The van der Waals surface area contributed by atoms with Crippen molar-refractivity contribution in [3.63, 3.8) is 0 Å². The first-order valence-corrected chi connectivity index (χ1v) is 11.0. The van der Waals surface area contributed by atoms with Crippen molar-refractivity contribution in [2.45, 2.75) is 30.7 Å². The predicted octanol–water partition coefficient (Wildman–Crippen LogP) is 4.29. The van der Waals surface area contributed by atoms with Crippen LogP contribution in [0.1, 0.15) is 30.4 Å². The van der Waals surface area contributed by atoms with E-state index in [-0.39, 0.29) is 6.04 Å². The van der Waals surface area contributed by atoms with E-state index in [1.807, 2.05) is 30.3 Å². The number of fused-ring (bicyclic) bond motifs is 1. The van der Waals surface area contributed by atoms with E-state index in [1.165, 1.54) is 0 Å². The minimum Gasteiger partial charge on any atom is -0.493 e. The van der Waals surface area contributed by atoms with Gasteiger partial charge in [0.1, 0.15) is 11.8 Å². The fraction of sp³-hybridized carbons (Fsp3) is 0.423. The summed E-state index contributed by atoms with van der Waals surface area (Å²) in [4.78, 5) is 2.23. The lowest BCUT2D eigenvalue weighted by Crippen LogP contribution is -2.42. The van der Waals surface area contributed by atoms with Gasteiger partial charge < -0.3 is 28.6 Å². The number of rotatable bonds is 7. The van der Waals surface area contributed by atoms with E-state index in [4.69, 9.17) is 23.7 Å². The zero-order chi connectivity index (χ0) is 23.6. The molecule has 1 saturated heterocycles. The molecule has 0 N–H and O–H groups in total. The summed E-state index contributed by atoms with van der Waals surface area (Å²) in [6.07, 6.45) is 4.96. The van der Waals surface area contributed by atoms with Gasteiger partial charge >= 0.3 is 0 Å². The number of nitriles is 1. The van der Waals surface area contributed by atoms with Gasteiger partial charge in [-0.25, -0.2) is 0 Å². The lowest BCUT2D eigenvalue weighted by molar-refractivity contribution is 0.256. The van der Waals surface area contributed by atoms with Gasteiger partial charge in [0.15, 0.2) is 23.0 Å². The monoisotopic (exact) mass is 450 g/mol. The summed E-state index contributed by atoms with van der Waals surface area (Å²) >= 11 is 0. The molecule has 2 atom stereocenters. The molecule has 0 saturated carbocycles. The molecule has 2 aliphatic heterocycles. The SMILES string of the molecule is COc1ccc(C2(c3ccc(OC)c(OC)c3OC)C=C(C#N)N3CCCC3C2)cc1OC. The van der Waals surface area contributed by atoms with E-state index in [2.05, 4.69) is 17.0 Å². The van der Waals surface area contributed by atoms with Crippen LogP contribution in [0.25, 0.3) is 0 Å². The highest BCUT2D eigenvalue weighted by Gasteiger charge is 2.46. The van der Waals surface area contributed by atoms with E-state index in [0.717, 1.165) is 36.9 Å². The van der Waals surface area contributed by atoms with Crippen molar-refractivity contribution in [2.75, 3.05) is 42.1 Å². The van der Waals surface area contributed by atoms with E-state index < -0.39 is 5.41 Å². The van der Waals surface area contributed by atoms with Crippen LogP contribution >= 0.6 is 0 Å². The van der Waals surface area contributed by atoms with Gasteiger partial charge in [-0.05, 0) is 49.1 Å². The molecule has 0 aromatic heterocycles. The van der Waals surface area contributed by atoms with Crippen LogP contribution in [0.3, 0.4) is 0 Å². The lowest BCUT2D eigenvalue weighted by atomic mass is 9.67. The fourth-order valence-corrected chi connectivity index (χ4v) is 5.32. The number of hydrogen-bond donors (Lipinski definition) is 0. The summed E-state index contributed by atoms with van der Waals surface area (Å²) in [6.45, 7) is 0.898. The van der Waals surface area contributed by atoms with Crippen molar-refractivity contribution >= 4 is 0 Å². The van der Waals surface area contributed by atoms with E-state index >= 15 is 0 Å². The highest BCUT2D eigenvalue weighted by atomic mass is 16.5. The Balaban J connectivity index is 2.04. The van der Waals surface area contributed by atoms with E-state index in [9.17, 15) is 5.26 Å². The normalized spacial score (nSPS) is 21.5. The molecule has 4 rings (SSSR count). The van der Waals surface area contributed by atoms with Crippen molar-refractivity contribution < 1.29 is 23.7 Å². The third-order valence-electron chi connectivity index (χ3n) is 6.83. The molecule has 1 fully saturated rings. The molecule has 2 heterocycles. The van der Waals surface area contributed by atoms with Gasteiger partial charge in [-0.1, -0.05) is 12.1 Å². The van der Waals surface area contributed by atoms with Crippen molar-refractivity contribution in [1.82, 2.24) is 4.90 Å². The molecule has 2 aliphatic rings. The quantitative estimate of drug-likeness (QED) is 0.623. The molecular formula is C26H30N2O5. The Morgan fingerprint density at radius 3 is 2.21 bits per heavy atom. The van der Waals surface area contributed by atoms with Gasteiger partial charge in [-0.2, -0.15) is 5.26 Å². The molecule has 174 valence electrons. The van der Waals surface area contributed by atoms with Gasteiger partial charge in [0.2, 0.25) is 5.75 Å². The Morgan fingerprint density at radius 1 is 0.879 bits per heavy atom. The number of allylic oxidation sites excluding steroid dienone is 2. The summed E-state index contributed by atoms with van der Waals surface area (Å²) in [5, 5.41) is 10.1. The summed E-state index contributed by atoms with van der Waals surface area (Å²) in [6, 6.07) is 12.5. The topological polar surface area (TPSA) is 73.2 Å². The number of ether oxygens (including phenoxy) is 5. The Labute approximate surface area is 195 Å². The second kappa shape index (κ2) is 9.14. The number of hydrogen-bond acceptors (Lipinski definition) is 7. The molecule has 2 aromatic carbocycles. The smallest absolute Gasteiger partial charge is 0.203 e. The van der Waals surface area contributed by atoms with Crippen LogP contribution in [0.4, 0.5) is 0 Å². The van der Waals surface area contributed by atoms with Crippen LogP contribution in [-0.4, -0.2) is 53.0 Å². The van der Waals surface area contributed by atoms with Crippen LogP contribution < -0.4 is 23.7 Å². The molecule has 2 aromatic rings. The van der Waals surface area contributed by atoms with Gasteiger partial charge in [-0.15, -0.1) is 0 Å². The van der Waals surface area contributed by atoms with Crippen molar-refractivity contribution in [2.24, 2.45) is 0 Å². The fourth-order valence-electron chi connectivity index (χ4n) is 5.32. The van der Waals surface area contributed by atoms with Crippen LogP contribution in [0.2, 0.25) is 0 Å². The second-order valence-corrected chi connectivity index (χ2v) is 8.26. The molecule has 7 nitrogen and oxygen atoms in total. The molecular weight excluding hydrogens is 420 g/mol. The summed E-state index contributed by atoms with van der Waals surface area (Å²) in [5.41, 5.74) is 1.94. The molecule has 0 spiro atoms. The average Bonchev–Trinajstić information content (AvgIpc) is 3.34. The first kappa shape index (κ1) is 22.7. The molecule has 0 amide bonds. The summed E-state index contributed by atoms with van der Waals surface area (Å²) in [5.74, 6) is 2.99. The largest absolute Gasteiger partial charge is 0.493 e. The third-order valence-corrected chi connectivity index (χ3v) is 6.83. The van der Waals surface area contributed by atoms with Gasteiger partial charge in [0, 0.05) is 23.6 Å². The average molecular weight is 451 g/mol. The zero-order valence-corrected chi connectivity index (χ0v) is 19.8. The first-order valence-electron chi connectivity index (χ1n) is 11.0.